The molecule has 1 aromatic heterocycles. The lowest BCUT2D eigenvalue weighted by Gasteiger charge is -2.39. The summed E-state index contributed by atoms with van der Waals surface area (Å²) in [4.78, 5) is 5.79. The van der Waals surface area contributed by atoms with Crippen LogP contribution in [0.1, 0.15) is 39.5 Å². The van der Waals surface area contributed by atoms with Crippen LogP contribution in [0.25, 0.3) is 0 Å². The monoisotopic (exact) mass is 236 g/mol. The largest absolute Gasteiger partial charge is 0.371 e. The first-order chi connectivity index (χ1) is 7.98. The molecule has 2 rings (SSSR count). The molecule has 0 unspecified atom stereocenters. The minimum atomic E-state index is -0.398. The third-order valence-corrected chi connectivity index (χ3v) is 3.97. The molecule has 0 saturated heterocycles. The number of halogens is 1. The second-order valence-corrected chi connectivity index (χ2v) is 5.84. The molecule has 17 heavy (non-hydrogen) atoms. The highest BCUT2D eigenvalue weighted by Gasteiger charge is 2.28. The van der Waals surface area contributed by atoms with Gasteiger partial charge in [0.1, 0.15) is 0 Å². The summed E-state index contributed by atoms with van der Waals surface area (Å²) in [6, 6.07) is 3.92. The summed E-state index contributed by atoms with van der Waals surface area (Å²) in [7, 11) is 2.05. The third kappa shape index (κ3) is 2.96. The maximum atomic E-state index is 13.1. The summed E-state index contributed by atoms with van der Waals surface area (Å²) in [5.41, 5.74) is 1.41. The summed E-state index contributed by atoms with van der Waals surface area (Å²) >= 11 is 0. The Bertz CT molecular complexity index is 380. The van der Waals surface area contributed by atoms with E-state index in [0.29, 0.717) is 11.5 Å². The topological polar surface area (TPSA) is 16.1 Å². The molecule has 0 atom stereocenters. The maximum absolute atomic E-state index is 13.1. The van der Waals surface area contributed by atoms with Crippen molar-refractivity contribution in [1.82, 2.24) is 4.98 Å². The third-order valence-electron chi connectivity index (χ3n) is 3.97. The van der Waals surface area contributed by atoms with Crippen LogP contribution in [0.5, 0.6) is 0 Å². The van der Waals surface area contributed by atoms with Gasteiger partial charge in [-0.25, -0.2) is 4.98 Å². The average molecular weight is 236 g/mol. The van der Waals surface area contributed by atoms with Crippen LogP contribution in [0, 0.1) is 11.4 Å². The fourth-order valence-corrected chi connectivity index (χ4v) is 2.59. The normalized spacial score (nSPS) is 20.2. The molecule has 0 aliphatic heterocycles. The van der Waals surface area contributed by atoms with Crippen molar-refractivity contribution in [2.45, 2.75) is 45.6 Å². The summed E-state index contributed by atoms with van der Waals surface area (Å²) < 4.78 is 13.1. The minimum Gasteiger partial charge on any atom is -0.371 e. The Hall–Kier alpha value is -1.12. The van der Waals surface area contributed by atoms with Gasteiger partial charge in [0, 0.05) is 31.0 Å². The number of pyridine rings is 1. The molecule has 1 aliphatic carbocycles. The van der Waals surface area contributed by atoms with Crippen molar-refractivity contribution in [2.24, 2.45) is 5.41 Å². The Morgan fingerprint density at radius 1 is 1.35 bits per heavy atom. The molecule has 0 amide bonds. The Balaban J connectivity index is 2.04. The van der Waals surface area contributed by atoms with Gasteiger partial charge in [0.25, 0.3) is 0 Å². The van der Waals surface area contributed by atoms with Gasteiger partial charge < -0.3 is 4.90 Å². The van der Waals surface area contributed by atoms with E-state index >= 15 is 0 Å². The molecule has 0 N–H and O–H groups in total. The lowest BCUT2D eigenvalue weighted by Crippen LogP contribution is -2.37. The molecule has 0 bridgehead atoms. The minimum absolute atomic E-state index is 0.398. The van der Waals surface area contributed by atoms with Crippen molar-refractivity contribution in [3.05, 3.63) is 24.3 Å². The molecular weight excluding hydrogens is 215 g/mol. The van der Waals surface area contributed by atoms with Gasteiger partial charge in [0.2, 0.25) is 5.95 Å². The molecule has 0 aromatic carbocycles. The van der Waals surface area contributed by atoms with Crippen molar-refractivity contribution in [3.8, 4) is 0 Å². The molecule has 1 heterocycles. The average Bonchev–Trinajstić information content (AvgIpc) is 2.28. The van der Waals surface area contributed by atoms with Crippen LogP contribution in [-0.4, -0.2) is 18.1 Å². The van der Waals surface area contributed by atoms with Crippen LogP contribution in [0.2, 0.25) is 0 Å². The highest BCUT2D eigenvalue weighted by Crippen LogP contribution is 2.37. The zero-order valence-corrected chi connectivity index (χ0v) is 10.9. The Morgan fingerprint density at radius 2 is 2.00 bits per heavy atom. The summed E-state index contributed by atoms with van der Waals surface area (Å²) in [6.45, 7) is 4.66. The molecule has 1 saturated carbocycles. The summed E-state index contributed by atoms with van der Waals surface area (Å²) in [5.74, 6) is -0.398. The van der Waals surface area contributed by atoms with Gasteiger partial charge in [-0.05, 0) is 37.2 Å². The Kier molecular flexibility index (Phi) is 3.36. The second kappa shape index (κ2) is 4.63. The first-order valence-electron chi connectivity index (χ1n) is 6.32. The first-order valence-corrected chi connectivity index (χ1v) is 6.32. The molecule has 3 heteroatoms. The van der Waals surface area contributed by atoms with E-state index in [0.717, 1.165) is 5.69 Å². The molecule has 0 radical (unpaired) electrons. The van der Waals surface area contributed by atoms with Gasteiger partial charge in [-0.15, -0.1) is 0 Å². The fourth-order valence-electron chi connectivity index (χ4n) is 2.59. The summed E-state index contributed by atoms with van der Waals surface area (Å²) in [6.07, 6.45) is 6.40. The van der Waals surface area contributed by atoms with Gasteiger partial charge >= 0.3 is 0 Å². The van der Waals surface area contributed by atoms with Crippen molar-refractivity contribution in [2.75, 3.05) is 11.9 Å². The SMILES string of the molecule is CN(c1ccnc(F)c1)C1CCC(C)(C)CC1. The van der Waals surface area contributed by atoms with Crippen molar-refractivity contribution < 1.29 is 4.39 Å². The number of aromatic nitrogens is 1. The van der Waals surface area contributed by atoms with Crippen LogP contribution < -0.4 is 4.90 Å². The number of hydrogen-bond donors (Lipinski definition) is 0. The molecule has 1 aliphatic rings. The number of nitrogens with zero attached hydrogens (tertiary/aromatic N) is 2. The van der Waals surface area contributed by atoms with E-state index in [2.05, 4.69) is 30.8 Å². The van der Waals surface area contributed by atoms with Crippen molar-refractivity contribution in [1.29, 1.82) is 0 Å². The van der Waals surface area contributed by atoms with Crippen LogP contribution in [-0.2, 0) is 0 Å². The number of hydrogen-bond acceptors (Lipinski definition) is 2. The van der Waals surface area contributed by atoms with Crippen molar-refractivity contribution >= 4 is 5.69 Å². The lowest BCUT2D eigenvalue weighted by molar-refractivity contribution is 0.222. The van der Waals surface area contributed by atoms with Crippen LogP contribution in [0.4, 0.5) is 10.1 Å². The van der Waals surface area contributed by atoms with E-state index < -0.39 is 5.95 Å². The number of rotatable bonds is 2. The first kappa shape index (κ1) is 12.3. The van der Waals surface area contributed by atoms with Gasteiger partial charge in [0.15, 0.2) is 0 Å². The Labute approximate surface area is 103 Å². The van der Waals surface area contributed by atoms with E-state index in [1.165, 1.54) is 37.9 Å². The van der Waals surface area contributed by atoms with Gasteiger partial charge in [-0.1, -0.05) is 13.8 Å². The van der Waals surface area contributed by atoms with E-state index in [-0.39, 0.29) is 0 Å². The van der Waals surface area contributed by atoms with Crippen LogP contribution >= 0.6 is 0 Å². The van der Waals surface area contributed by atoms with Crippen molar-refractivity contribution in [3.63, 3.8) is 0 Å². The molecule has 1 fully saturated rings. The van der Waals surface area contributed by atoms with E-state index in [1.54, 1.807) is 0 Å². The summed E-state index contributed by atoms with van der Waals surface area (Å²) in [5, 5.41) is 0. The molecule has 1 aromatic rings. The standard InChI is InChI=1S/C14H21FN2/c1-14(2)7-4-11(5-8-14)17(3)12-6-9-16-13(15)10-12/h6,9-11H,4-5,7-8H2,1-3H3. The highest BCUT2D eigenvalue weighted by atomic mass is 19.1. The highest BCUT2D eigenvalue weighted by molar-refractivity contribution is 5.45. The Morgan fingerprint density at radius 3 is 2.59 bits per heavy atom. The molecule has 94 valence electrons. The lowest BCUT2D eigenvalue weighted by atomic mass is 9.75. The maximum Gasteiger partial charge on any atom is 0.214 e. The van der Waals surface area contributed by atoms with Gasteiger partial charge in [-0.2, -0.15) is 4.39 Å². The zero-order valence-electron chi connectivity index (χ0n) is 10.9. The van der Waals surface area contributed by atoms with Gasteiger partial charge in [0.05, 0.1) is 0 Å². The smallest absolute Gasteiger partial charge is 0.214 e. The number of anilines is 1. The quantitative estimate of drug-likeness (QED) is 0.729. The predicted molar refractivity (Wildman–Crippen MR) is 68.6 cm³/mol. The van der Waals surface area contributed by atoms with E-state index in [9.17, 15) is 4.39 Å². The second-order valence-electron chi connectivity index (χ2n) is 5.84. The molecular formula is C14H21FN2. The predicted octanol–water partition coefficient (Wildman–Crippen LogP) is 3.63. The van der Waals surface area contributed by atoms with E-state index in [1.807, 2.05) is 6.07 Å². The fraction of sp³-hybridized carbons (Fsp3) is 0.643. The van der Waals surface area contributed by atoms with Crippen LogP contribution in [0.3, 0.4) is 0 Å². The van der Waals surface area contributed by atoms with Gasteiger partial charge in [-0.3, -0.25) is 0 Å². The van der Waals surface area contributed by atoms with E-state index in [4.69, 9.17) is 0 Å². The molecule has 0 spiro atoms. The zero-order chi connectivity index (χ0) is 12.5. The van der Waals surface area contributed by atoms with Crippen LogP contribution in [0.15, 0.2) is 18.3 Å². The molecule has 2 nitrogen and oxygen atoms in total.